The van der Waals surface area contributed by atoms with Gasteiger partial charge in [-0.1, -0.05) is 12.1 Å². The Morgan fingerprint density at radius 2 is 1.88 bits per heavy atom. The third kappa shape index (κ3) is 2.16. The first-order valence-electron chi connectivity index (χ1n) is 5.81. The molecule has 1 aromatic carbocycles. The fourth-order valence-electron chi connectivity index (χ4n) is 1.69. The molecular formula is C13H18N4. The van der Waals surface area contributed by atoms with Gasteiger partial charge in [0.15, 0.2) is 0 Å². The van der Waals surface area contributed by atoms with E-state index in [1.807, 2.05) is 25.2 Å². The van der Waals surface area contributed by atoms with Crippen molar-refractivity contribution in [3.63, 3.8) is 0 Å². The minimum atomic E-state index is 0.401. The third-order valence-corrected chi connectivity index (χ3v) is 2.92. The molecule has 0 amide bonds. The summed E-state index contributed by atoms with van der Waals surface area (Å²) in [5.74, 6) is 1.63. The molecule has 4 heteroatoms. The van der Waals surface area contributed by atoms with Crippen LogP contribution in [0.25, 0.3) is 10.9 Å². The van der Waals surface area contributed by atoms with Crippen molar-refractivity contribution in [2.24, 2.45) is 0 Å². The molecule has 90 valence electrons. The van der Waals surface area contributed by atoms with E-state index in [1.54, 1.807) is 0 Å². The van der Waals surface area contributed by atoms with Crippen LogP contribution in [0.5, 0.6) is 0 Å². The summed E-state index contributed by atoms with van der Waals surface area (Å²) >= 11 is 0. The summed E-state index contributed by atoms with van der Waals surface area (Å²) in [7, 11) is 3.89. The van der Waals surface area contributed by atoms with E-state index in [1.165, 1.54) is 0 Å². The Labute approximate surface area is 102 Å². The van der Waals surface area contributed by atoms with Crippen molar-refractivity contribution >= 4 is 22.7 Å². The molecule has 2 aromatic rings. The molecular weight excluding hydrogens is 212 g/mol. The number of hydrogen-bond donors (Lipinski definition) is 1. The van der Waals surface area contributed by atoms with Crippen molar-refractivity contribution in [1.82, 2.24) is 9.97 Å². The normalized spacial score (nSPS) is 10.9. The molecule has 2 rings (SSSR count). The van der Waals surface area contributed by atoms with Crippen LogP contribution in [0.3, 0.4) is 0 Å². The number of anilines is 2. The van der Waals surface area contributed by atoms with Gasteiger partial charge in [0, 0.05) is 25.5 Å². The lowest BCUT2D eigenvalue weighted by Crippen LogP contribution is -2.27. The van der Waals surface area contributed by atoms with E-state index in [4.69, 9.17) is 0 Å². The minimum Gasteiger partial charge on any atom is -0.357 e. The van der Waals surface area contributed by atoms with E-state index in [0.717, 1.165) is 16.7 Å². The summed E-state index contributed by atoms with van der Waals surface area (Å²) < 4.78 is 0. The maximum atomic E-state index is 4.54. The molecule has 0 spiro atoms. The van der Waals surface area contributed by atoms with E-state index in [0.29, 0.717) is 12.0 Å². The first kappa shape index (κ1) is 11.6. The van der Waals surface area contributed by atoms with Gasteiger partial charge < -0.3 is 10.2 Å². The van der Waals surface area contributed by atoms with Crippen molar-refractivity contribution < 1.29 is 0 Å². The number of rotatable bonds is 3. The Morgan fingerprint density at radius 1 is 1.18 bits per heavy atom. The van der Waals surface area contributed by atoms with Gasteiger partial charge in [0.05, 0.1) is 5.52 Å². The van der Waals surface area contributed by atoms with Gasteiger partial charge in [0.1, 0.15) is 5.82 Å². The van der Waals surface area contributed by atoms with Crippen molar-refractivity contribution in [3.05, 3.63) is 24.3 Å². The van der Waals surface area contributed by atoms with Gasteiger partial charge in [0.2, 0.25) is 5.95 Å². The highest BCUT2D eigenvalue weighted by Crippen LogP contribution is 2.25. The van der Waals surface area contributed by atoms with Crippen LogP contribution in [0, 0.1) is 0 Å². The molecule has 0 aliphatic rings. The number of benzene rings is 1. The second-order valence-corrected chi connectivity index (χ2v) is 4.34. The molecule has 0 bridgehead atoms. The Balaban J connectivity index is 2.66. The lowest BCUT2D eigenvalue weighted by Gasteiger charge is -2.24. The average molecular weight is 230 g/mol. The molecule has 0 aliphatic heterocycles. The van der Waals surface area contributed by atoms with Gasteiger partial charge in [-0.25, -0.2) is 4.98 Å². The maximum absolute atomic E-state index is 4.54. The molecule has 0 unspecified atom stereocenters. The smallest absolute Gasteiger partial charge is 0.224 e. The standard InChI is InChI=1S/C13H18N4/c1-9(2)17(4)12-10-7-5-6-8-11(10)15-13(14-3)16-12/h5-9H,1-4H3,(H,14,15,16). The molecule has 4 nitrogen and oxygen atoms in total. The van der Waals surface area contributed by atoms with Gasteiger partial charge in [0.25, 0.3) is 0 Å². The van der Waals surface area contributed by atoms with E-state index >= 15 is 0 Å². The van der Waals surface area contributed by atoms with Crippen LogP contribution < -0.4 is 10.2 Å². The van der Waals surface area contributed by atoms with Gasteiger partial charge in [-0.05, 0) is 26.0 Å². The maximum Gasteiger partial charge on any atom is 0.224 e. The number of para-hydroxylation sites is 1. The lowest BCUT2D eigenvalue weighted by atomic mass is 10.2. The molecule has 0 atom stereocenters. The number of nitrogens with zero attached hydrogens (tertiary/aromatic N) is 3. The fraction of sp³-hybridized carbons (Fsp3) is 0.385. The Bertz CT molecular complexity index is 522. The second kappa shape index (κ2) is 4.57. The van der Waals surface area contributed by atoms with Crippen molar-refractivity contribution in [1.29, 1.82) is 0 Å². The zero-order valence-electron chi connectivity index (χ0n) is 10.7. The first-order chi connectivity index (χ1) is 8.13. The second-order valence-electron chi connectivity index (χ2n) is 4.34. The zero-order chi connectivity index (χ0) is 12.4. The van der Waals surface area contributed by atoms with E-state index < -0.39 is 0 Å². The summed E-state index contributed by atoms with van der Waals surface area (Å²) in [5.41, 5.74) is 0.967. The van der Waals surface area contributed by atoms with Crippen molar-refractivity contribution in [2.45, 2.75) is 19.9 Å². The summed E-state index contributed by atoms with van der Waals surface area (Å²) in [6.07, 6.45) is 0. The largest absolute Gasteiger partial charge is 0.357 e. The molecule has 1 N–H and O–H groups in total. The van der Waals surface area contributed by atoms with Crippen LogP contribution in [0.2, 0.25) is 0 Å². The Hall–Kier alpha value is -1.84. The SMILES string of the molecule is CNc1nc(N(C)C(C)C)c2ccccc2n1. The van der Waals surface area contributed by atoms with E-state index in [-0.39, 0.29) is 0 Å². The monoisotopic (exact) mass is 230 g/mol. The van der Waals surface area contributed by atoms with Gasteiger partial charge in [-0.15, -0.1) is 0 Å². The molecule has 17 heavy (non-hydrogen) atoms. The molecule has 1 aromatic heterocycles. The molecule has 0 saturated heterocycles. The number of aromatic nitrogens is 2. The van der Waals surface area contributed by atoms with Crippen LogP contribution in [0.15, 0.2) is 24.3 Å². The molecule has 1 heterocycles. The average Bonchev–Trinajstić information content (AvgIpc) is 2.36. The third-order valence-electron chi connectivity index (χ3n) is 2.92. The first-order valence-corrected chi connectivity index (χ1v) is 5.81. The predicted molar refractivity (Wildman–Crippen MR) is 72.6 cm³/mol. The van der Waals surface area contributed by atoms with E-state index in [2.05, 4.69) is 47.1 Å². The number of fused-ring (bicyclic) bond motifs is 1. The molecule has 0 fully saturated rings. The quantitative estimate of drug-likeness (QED) is 0.879. The highest BCUT2D eigenvalue weighted by molar-refractivity contribution is 5.90. The molecule has 0 saturated carbocycles. The minimum absolute atomic E-state index is 0.401. The fourth-order valence-corrected chi connectivity index (χ4v) is 1.69. The molecule has 0 aliphatic carbocycles. The summed E-state index contributed by atoms with van der Waals surface area (Å²) in [5, 5.41) is 4.09. The predicted octanol–water partition coefficient (Wildman–Crippen LogP) is 2.52. The highest BCUT2D eigenvalue weighted by atomic mass is 15.2. The van der Waals surface area contributed by atoms with Gasteiger partial charge in [-0.2, -0.15) is 4.98 Å². The zero-order valence-corrected chi connectivity index (χ0v) is 10.7. The Morgan fingerprint density at radius 3 is 2.53 bits per heavy atom. The topological polar surface area (TPSA) is 41.1 Å². The van der Waals surface area contributed by atoms with Crippen LogP contribution in [0.4, 0.5) is 11.8 Å². The van der Waals surface area contributed by atoms with Gasteiger partial charge in [-0.3, -0.25) is 0 Å². The van der Waals surface area contributed by atoms with Crippen molar-refractivity contribution in [2.75, 3.05) is 24.3 Å². The number of hydrogen-bond acceptors (Lipinski definition) is 4. The van der Waals surface area contributed by atoms with Gasteiger partial charge >= 0.3 is 0 Å². The molecule has 0 radical (unpaired) electrons. The summed E-state index contributed by atoms with van der Waals surface area (Å²) in [4.78, 5) is 11.1. The van der Waals surface area contributed by atoms with Crippen LogP contribution in [0.1, 0.15) is 13.8 Å². The van der Waals surface area contributed by atoms with Crippen LogP contribution >= 0.6 is 0 Å². The van der Waals surface area contributed by atoms with E-state index in [9.17, 15) is 0 Å². The number of nitrogens with one attached hydrogen (secondary N) is 1. The van der Waals surface area contributed by atoms with Crippen LogP contribution in [-0.2, 0) is 0 Å². The van der Waals surface area contributed by atoms with Crippen LogP contribution in [-0.4, -0.2) is 30.1 Å². The van der Waals surface area contributed by atoms with Crippen molar-refractivity contribution in [3.8, 4) is 0 Å². The lowest BCUT2D eigenvalue weighted by molar-refractivity contribution is 0.746. The Kier molecular flexibility index (Phi) is 3.13. The highest BCUT2D eigenvalue weighted by Gasteiger charge is 2.12. The summed E-state index contributed by atoms with van der Waals surface area (Å²) in [6.45, 7) is 4.30. The summed E-state index contributed by atoms with van der Waals surface area (Å²) in [6, 6.07) is 8.48.